The van der Waals surface area contributed by atoms with Gasteiger partial charge in [-0.05, 0) is 0 Å². The Balaban J connectivity index is 3.17. The van der Waals surface area contributed by atoms with Crippen molar-refractivity contribution in [2.45, 2.75) is 0 Å². The van der Waals surface area contributed by atoms with Crippen LogP contribution in [0.4, 0.5) is 4.39 Å². The molecule has 0 spiro atoms. The van der Waals surface area contributed by atoms with Gasteiger partial charge in [0.2, 0.25) is 5.95 Å². The highest BCUT2D eigenvalue weighted by atomic mass is 35.5. The quantitative estimate of drug-likeness (QED) is 0.539. The van der Waals surface area contributed by atoms with E-state index < -0.39 is 5.95 Å². The minimum atomic E-state index is -0.621. The number of hydrogen-bond acceptors (Lipinski definition) is 1. The number of pyridine rings is 1. The maximum absolute atomic E-state index is 12.1. The molecule has 0 aliphatic rings. The molecule has 48 valence electrons. The SMILES string of the molecule is Fc1cc(Cl)c(Cl)cn1. The summed E-state index contributed by atoms with van der Waals surface area (Å²) in [6.07, 6.45) is 1.17. The third-order valence-corrected chi connectivity index (χ3v) is 1.49. The Labute approximate surface area is 61.4 Å². The van der Waals surface area contributed by atoms with E-state index in [0.717, 1.165) is 6.07 Å². The molecule has 1 rings (SSSR count). The summed E-state index contributed by atoms with van der Waals surface area (Å²) in [6.45, 7) is 0. The topological polar surface area (TPSA) is 12.9 Å². The maximum Gasteiger partial charge on any atom is 0.214 e. The Hall–Kier alpha value is -0.340. The summed E-state index contributed by atoms with van der Waals surface area (Å²) in [5.41, 5.74) is 0. The Morgan fingerprint density at radius 1 is 1.33 bits per heavy atom. The van der Waals surface area contributed by atoms with Gasteiger partial charge >= 0.3 is 0 Å². The van der Waals surface area contributed by atoms with Crippen molar-refractivity contribution in [2.75, 3.05) is 0 Å². The fourth-order valence-corrected chi connectivity index (χ4v) is 0.633. The van der Waals surface area contributed by atoms with Crippen LogP contribution < -0.4 is 0 Å². The first-order valence-corrected chi connectivity index (χ1v) is 2.92. The number of halogens is 3. The molecule has 0 saturated heterocycles. The molecule has 0 atom stereocenters. The fraction of sp³-hybridized carbons (Fsp3) is 0. The zero-order chi connectivity index (χ0) is 6.85. The molecule has 0 saturated carbocycles. The summed E-state index contributed by atoms with van der Waals surface area (Å²) < 4.78 is 12.1. The predicted molar refractivity (Wildman–Crippen MR) is 34.2 cm³/mol. The molecule has 1 heterocycles. The van der Waals surface area contributed by atoms with Crippen molar-refractivity contribution < 1.29 is 4.39 Å². The van der Waals surface area contributed by atoms with Crippen molar-refractivity contribution in [3.63, 3.8) is 0 Å². The van der Waals surface area contributed by atoms with Crippen molar-refractivity contribution in [1.29, 1.82) is 0 Å². The van der Waals surface area contributed by atoms with Crippen LogP contribution in [0.15, 0.2) is 12.3 Å². The van der Waals surface area contributed by atoms with Gasteiger partial charge in [0, 0.05) is 6.07 Å². The van der Waals surface area contributed by atoms with Gasteiger partial charge < -0.3 is 0 Å². The molecule has 1 nitrogen and oxygen atoms in total. The summed E-state index contributed by atoms with van der Waals surface area (Å²) in [6, 6.07) is 1.06. The molecular formula is C5H2Cl2FN. The van der Waals surface area contributed by atoms with Crippen LogP contribution in [0.2, 0.25) is 10.0 Å². The summed E-state index contributed by atoms with van der Waals surface area (Å²) in [5, 5.41) is 0.447. The van der Waals surface area contributed by atoms with Crippen molar-refractivity contribution in [2.24, 2.45) is 0 Å². The highest BCUT2D eigenvalue weighted by molar-refractivity contribution is 6.41. The fourth-order valence-electron chi connectivity index (χ4n) is 0.391. The molecule has 9 heavy (non-hydrogen) atoms. The van der Waals surface area contributed by atoms with Gasteiger partial charge in [-0.1, -0.05) is 23.2 Å². The molecule has 0 radical (unpaired) electrons. The van der Waals surface area contributed by atoms with Gasteiger partial charge in [0.15, 0.2) is 0 Å². The van der Waals surface area contributed by atoms with E-state index >= 15 is 0 Å². The summed E-state index contributed by atoms with van der Waals surface area (Å²) in [4.78, 5) is 3.26. The Kier molecular flexibility index (Phi) is 1.88. The second-order valence-corrected chi connectivity index (χ2v) is 2.24. The number of hydrogen-bond donors (Lipinski definition) is 0. The van der Waals surface area contributed by atoms with E-state index in [-0.39, 0.29) is 10.0 Å². The van der Waals surface area contributed by atoms with Crippen molar-refractivity contribution in [3.05, 3.63) is 28.3 Å². The number of rotatable bonds is 0. The molecule has 0 aliphatic carbocycles. The highest BCUT2D eigenvalue weighted by Crippen LogP contribution is 2.19. The van der Waals surface area contributed by atoms with Gasteiger partial charge in [0.25, 0.3) is 0 Å². The van der Waals surface area contributed by atoms with Crippen LogP contribution in [0.5, 0.6) is 0 Å². The van der Waals surface area contributed by atoms with Crippen molar-refractivity contribution in [3.8, 4) is 0 Å². The Morgan fingerprint density at radius 2 is 2.00 bits per heavy atom. The molecule has 1 aromatic heterocycles. The van der Waals surface area contributed by atoms with Crippen LogP contribution in [-0.4, -0.2) is 4.98 Å². The minimum Gasteiger partial charge on any atom is -0.227 e. The number of aromatic nitrogens is 1. The Morgan fingerprint density at radius 3 is 2.44 bits per heavy atom. The van der Waals surface area contributed by atoms with Gasteiger partial charge in [-0.25, -0.2) is 4.98 Å². The highest BCUT2D eigenvalue weighted by Gasteiger charge is 1.97. The monoisotopic (exact) mass is 165 g/mol. The average Bonchev–Trinajstić information content (AvgIpc) is 1.80. The first-order chi connectivity index (χ1) is 4.20. The lowest BCUT2D eigenvalue weighted by Gasteiger charge is -1.90. The molecule has 0 unspecified atom stereocenters. The molecular weight excluding hydrogens is 164 g/mol. The van der Waals surface area contributed by atoms with E-state index in [1.165, 1.54) is 6.20 Å². The molecule has 0 bridgehead atoms. The third-order valence-electron chi connectivity index (χ3n) is 0.775. The lowest BCUT2D eigenvalue weighted by atomic mass is 10.5. The lowest BCUT2D eigenvalue weighted by molar-refractivity contribution is 0.584. The van der Waals surface area contributed by atoms with E-state index in [2.05, 4.69) is 4.98 Å². The van der Waals surface area contributed by atoms with Crippen LogP contribution in [0, 0.1) is 5.95 Å². The van der Waals surface area contributed by atoms with E-state index in [9.17, 15) is 4.39 Å². The second-order valence-electron chi connectivity index (χ2n) is 1.42. The first-order valence-electron chi connectivity index (χ1n) is 2.16. The van der Waals surface area contributed by atoms with Crippen molar-refractivity contribution >= 4 is 23.2 Å². The van der Waals surface area contributed by atoms with E-state index in [1.54, 1.807) is 0 Å². The number of nitrogens with zero attached hydrogens (tertiary/aromatic N) is 1. The molecule has 0 N–H and O–H groups in total. The molecule has 4 heteroatoms. The standard InChI is InChI=1S/C5H2Cl2FN/c6-3-1-5(8)9-2-4(3)7/h1-2H. The summed E-state index contributed by atoms with van der Waals surface area (Å²) in [7, 11) is 0. The van der Waals surface area contributed by atoms with Gasteiger partial charge in [-0.3, -0.25) is 0 Å². The van der Waals surface area contributed by atoms with Crippen LogP contribution in [-0.2, 0) is 0 Å². The van der Waals surface area contributed by atoms with Gasteiger partial charge in [0.1, 0.15) is 0 Å². The molecule has 0 fully saturated rings. The third kappa shape index (κ3) is 1.53. The van der Waals surface area contributed by atoms with Gasteiger partial charge in [0.05, 0.1) is 16.2 Å². The average molecular weight is 166 g/mol. The largest absolute Gasteiger partial charge is 0.227 e. The van der Waals surface area contributed by atoms with E-state index in [4.69, 9.17) is 23.2 Å². The zero-order valence-corrected chi connectivity index (χ0v) is 5.75. The molecule has 0 aromatic carbocycles. The first kappa shape index (κ1) is 6.78. The molecule has 0 amide bonds. The second kappa shape index (κ2) is 2.50. The van der Waals surface area contributed by atoms with Crippen LogP contribution in [0.25, 0.3) is 0 Å². The lowest BCUT2D eigenvalue weighted by Crippen LogP contribution is -1.79. The van der Waals surface area contributed by atoms with Crippen molar-refractivity contribution in [1.82, 2.24) is 4.98 Å². The van der Waals surface area contributed by atoms with Gasteiger partial charge in [-0.15, -0.1) is 0 Å². The zero-order valence-electron chi connectivity index (χ0n) is 4.24. The van der Waals surface area contributed by atoms with E-state index in [0.29, 0.717) is 0 Å². The van der Waals surface area contributed by atoms with Crippen LogP contribution >= 0.6 is 23.2 Å². The van der Waals surface area contributed by atoms with Crippen LogP contribution in [0.1, 0.15) is 0 Å². The normalized spacial score (nSPS) is 9.67. The van der Waals surface area contributed by atoms with E-state index in [1.807, 2.05) is 0 Å². The Bertz CT molecular complexity index is 226. The smallest absolute Gasteiger partial charge is 0.214 e. The maximum atomic E-state index is 12.1. The van der Waals surface area contributed by atoms with Gasteiger partial charge in [-0.2, -0.15) is 4.39 Å². The summed E-state index contributed by atoms with van der Waals surface area (Å²) in [5.74, 6) is -0.621. The molecule has 1 aromatic rings. The predicted octanol–water partition coefficient (Wildman–Crippen LogP) is 2.53. The molecule has 0 aliphatic heterocycles. The summed E-state index contributed by atoms with van der Waals surface area (Å²) >= 11 is 10.8. The van der Waals surface area contributed by atoms with Crippen LogP contribution in [0.3, 0.4) is 0 Å². The minimum absolute atomic E-state index is 0.184.